The maximum atomic E-state index is 4.36. The standard InChI is InChI=1S/C25H33N/c1-8-10-17(3)22-16-26-23(13-18(22)4)21-14-19(9-2)11-12-20(21)15-24(26)25(5,6)7/h11-14,16,24H,3-4,8-10,15H2,1-2,5-7H3. The molecule has 0 aliphatic carbocycles. The molecule has 0 bridgehead atoms. The lowest BCUT2D eigenvalue weighted by molar-refractivity contribution is 0.189. The fourth-order valence-corrected chi connectivity index (χ4v) is 4.13. The average molecular weight is 348 g/mol. The van der Waals surface area contributed by atoms with E-state index < -0.39 is 0 Å². The van der Waals surface area contributed by atoms with Crippen molar-refractivity contribution in [2.45, 2.75) is 66.3 Å². The molecule has 0 aromatic heterocycles. The summed E-state index contributed by atoms with van der Waals surface area (Å²) in [5, 5.41) is 0. The van der Waals surface area contributed by atoms with Crippen LogP contribution in [-0.2, 0) is 12.8 Å². The van der Waals surface area contributed by atoms with Gasteiger partial charge in [-0.25, -0.2) is 0 Å². The van der Waals surface area contributed by atoms with Gasteiger partial charge in [0.2, 0.25) is 0 Å². The number of benzene rings is 1. The van der Waals surface area contributed by atoms with Crippen molar-refractivity contribution in [1.82, 2.24) is 4.90 Å². The smallest absolute Gasteiger partial charge is 0.0491 e. The summed E-state index contributed by atoms with van der Waals surface area (Å²) in [5.74, 6) is 0. The van der Waals surface area contributed by atoms with E-state index in [0.717, 1.165) is 31.3 Å². The van der Waals surface area contributed by atoms with Crippen molar-refractivity contribution >= 4 is 5.70 Å². The second kappa shape index (κ2) is 6.95. The first-order chi connectivity index (χ1) is 12.3. The van der Waals surface area contributed by atoms with Crippen molar-refractivity contribution in [3.8, 4) is 0 Å². The monoisotopic (exact) mass is 347 g/mol. The van der Waals surface area contributed by atoms with E-state index >= 15 is 0 Å². The molecule has 0 amide bonds. The lowest BCUT2D eigenvalue weighted by Crippen LogP contribution is -2.45. The van der Waals surface area contributed by atoms with Crippen LogP contribution in [0, 0.1) is 5.41 Å². The number of nitrogens with zero attached hydrogens (tertiary/aromatic N) is 1. The Kier molecular flexibility index (Phi) is 5.01. The molecule has 1 nitrogen and oxygen atoms in total. The summed E-state index contributed by atoms with van der Waals surface area (Å²) >= 11 is 0. The second-order valence-electron chi connectivity index (χ2n) is 8.79. The van der Waals surface area contributed by atoms with Crippen LogP contribution < -0.4 is 0 Å². The van der Waals surface area contributed by atoms with Gasteiger partial charge in [0.25, 0.3) is 0 Å². The van der Waals surface area contributed by atoms with Crippen molar-refractivity contribution < 1.29 is 0 Å². The summed E-state index contributed by atoms with van der Waals surface area (Å²) in [5.41, 5.74) is 9.25. The molecular formula is C25H33N. The summed E-state index contributed by atoms with van der Waals surface area (Å²) < 4.78 is 0. The van der Waals surface area contributed by atoms with Crippen LogP contribution in [0.2, 0.25) is 0 Å². The van der Waals surface area contributed by atoms with E-state index in [4.69, 9.17) is 0 Å². The summed E-state index contributed by atoms with van der Waals surface area (Å²) in [6.45, 7) is 20.2. The zero-order valence-corrected chi connectivity index (χ0v) is 17.2. The minimum Gasteiger partial charge on any atom is -0.343 e. The molecule has 0 saturated heterocycles. The van der Waals surface area contributed by atoms with Gasteiger partial charge in [0, 0.05) is 23.5 Å². The zero-order valence-electron chi connectivity index (χ0n) is 17.2. The molecule has 138 valence electrons. The third-order valence-electron chi connectivity index (χ3n) is 5.74. The molecule has 1 unspecified atom stereocenters. The first-order valence-corrected chi connectivity index (χ1v) is 9.97. The molecule has 2 aliphatic heterocycles. The average Bonchev–Trinajstić information content (AvgIpc) is 2.59. The predicted octanol–water partition coefficient (Wildman–Crippen LogP) is 6.67. The largest absolute Gasteiger partial charge is 0.343 e. The molecule has 0 saturated carbocycles. The molecule has 3 rings (SSSR count). The van der Waals surface area contributed by atoms with Crippen LogP contribution in [0.5, 0.6) is 0 Å². The van der Waals surface area contributed by atoms with Gasteiger partial charge in [-0.1, -0.05) is 66.3 Å². The number of hydrogen-bond donors (Lipinski definition) is 0. The molecule has 0 spiro atoms. The van der Waals surface area contributed by atoms with Gasteiger partial charge in [-0.05, 0) is 64.7 Å². The van der Waals surface area contributed by atoms with E-state index in [1.165, 1.54) is 33.5 Å². The molecule has 2 aliphatic rings. The Bertz CT molecular complexity index is 798. The SMILES string of the molecule is C=C1C=C2c3cc(CC)ccc3CC(C(C)(C)C)N2C=C1C(=C)CCC. The predicted molar refractivity (Wildman–Crippen MR) is 114 cm³/mol. The van der Waals surface area contributed by atoms with Gasteiger partial charge in [0.1, 0.15) is 0 Å². The number of allylic oxidation sites excluding steroid dienone is 4. The first kappa shape index (κ1) is 18.8. The molecule has 0 N–H and O–H groups in total. The molecule has 2 heterocycles. The Hall–Kier alpha value is -2.02. The maximum absolute atomic E-state index is 4.36. The van der Waals surface area contributed by atoms with E-state index in [1.54, 1.807) is 0 Å². The van der Waals surface area contributed by atoms with E-state index in [9.17, 15) is 0 Å². The molecule has 1 aromatic carbocycles. The van der Waals surface area contributed by atoms with Gasteiger partial charge < -0.3 is 4.90 Å². The fraction of sp³-hybridized carbons (Fsp3) is 0.440. The van der Waals surface area contributed by atoms with Crippen molar-refractivity contribution in [1.29, 1.82) is 0 Å². The Labute approximate surface area is 159 Å². The van der Waals surface area contributed by atoms with E-state index in [1.807, 2.05) is 0 Å². The van der Waals surface area contributed by atoms with Gasteiger partial charge in [0.05, 0.1) is 0 Å². The molecule has 1 atom stereocenters. The summed E-state index contributed by atoms with van der Waals surface area (Å²) in [4.78, 5) is 2.51. The summed E-state index contributed by atoms with van der Waals surface area (Å²) in [7, 11) is 0. The Morgan fingerprint density at radius 2 is 1.96 bits per heavy atom. The van der Waals surface area contributed by atoms with Crippen LogP contribution in [0.4, 0.5) is 0 Å². The minimum atomic E-state index is 0.187. The normalized spacial score (nSPS) is 19.5. The van der Waals surface area contributed by atoms with Gasteiger partial charge in [0.15, 0.2) is 0 Å². The van der Waals surface area contributed by atoms with Crippen LogP contribution in [0.1, 0.15) is 64.2 Å². The summed E-state index contributed by atoms with van der Waals surface area (Å²) in [6, 6.07) is 7.44. The highest BCUT2D eigenvalue weighted by molar-refractivity contribution is 5.77. The number of rotatable bonds is 4. The van der Waals surface area contributed by atoms with Crippen LogP contribution in [0.25, 0.3) is 5.70 Å². The quantitative estimate of drug-likeness (QED) is 0.587. The van der Waals surface area contributed by atoms with Crippen molar-refractivity contribution in [3.63, 3.8) is 0 Å². The first-order valence-electron chi connectivity index (χ1n) is 9.97. The van der Waals surface area contributed by atoms with Gasteiger partial charge >= 0.3 is 0 Å². The molecule has 0 fully saturated rings. The molecular weight excluding hydrogens is 314 g/mol. The lowest BCUT2D eigenvalue weighted by atomic mass is 9.76. The summed E-state index contributed by atoms with van der Waals surface area (Å²) in [6.07, 6.45) is 8.90. The van der Waals surface area contributed by atoms with Crippen LogP contribution in [0.3, 0.4) is 0 Å². The number of aryl methyl sites for hydroxylation is 1. The van der Waals surface area contributed by atoms with Crippen molar-refractivity contribution in [2.24, 2.45) is 5.41 Å². The van der Waals surface area contributed by atoms with Gasteiger partial charge in [-0.3, -0.25) is 0 Å². The van der Waals surface area contributed by atoms with Gasteiger partial charge in [-0.15, -0.1) is 0 Å². The van der Waals surface area contributed by atoms with Crippen molar-refractivity contribution in [2.75, 3.05) is 0 Å². The minimum absolute atomic E-state index is 0.187. The highest BCUT2D eigenvalue weighted by Crippen LogP contribution is 2.44. The molecule has 26 heavy (non-hydrogen) atoms. The van der Waals surface area contributed by atoms with Crippen molar-refractivity contribution in [3.05, 3.63) is 77.0 Å². The maximum Gasteiger partial charge on any atom is 0.0491 e. The number of fused-ring (bicyclic) bond motifs is 3. The highest BCUT2D eigenvalue weighted by atomic mass is 15.2. The van der Waals surface area contributed by atoms with Crippen LogP contribution >= 0.6 is 0 Å². The lowest BCUT2D eigenvalue weighted by Gasteiger charge is -2.47. The molecule has 1 aromatic rings. The molecule has 0 radical (unpaired) electrons. The third-order valence-corrected chi connectivity index (χ3v) is 5.74. The number of hydrogen-bond acceptors (Lipinski definition) is 1. The second-order valence-corrected chi connectivity index (χ2v) is 8.79. The van der Waals surface area contributed by atoms with E-state index in [2.05, 4.69) is 83.2 Å². The van der Waals surface area contributed by atoms with Crippen LogP contribution in [-0.4, -0.2) is 10.9 Å². The Morgan fingerprint density at radius 1 is 1.23 bits per heavy atom. The third kappa shape index (κ3) is 3.32. The topological polar surface area (TPSA) is 3.24 Å². The Balaban J connectivity index is 2.13. The molecule has 1 heteroatoms. The van der Waals surface area contributed by atoms with Gasteiger partial charge in [-0.2, -0.15) is 0 Å². The fourth-order valence-electron chi connectivity index (χ4n) is 4.13. The zero-order chi connectivity index (χ0) is 19.1. The van der Waals surface area contributed by atoms with E-state index in [0.29, 0.717) is 6.04 Å². The van der Waals surface area contributed by atoms with Crippen LogP contribution in [0.15, 0.2) is 60.4 Å². The highest BCUT2D eigenvalue weighted by Gasteiger charge is 2.37. The van der Waals surface area contributed by atoms with E-state index in [-0.39, 0.29) is 5.41 Å². The Morgan fingerprint density at radius 3 is 2.58 bits per heavy atom.